The van der Waals surface area contributed by atoms with Gasteiger partial charge in [-0.2, -0.15) is 0 Å². The van der Waals surface area contributed by atoms with Gasteiger partial charge < -0.3 is 9.64 Å². The van der Waals surface area contributed by atoms with Crippen LogP contribution in [-0.2, 0) is 4.74 Å². The molecule has 2 fully saturated rings. The van der Waals surface area contributed by atoms with Crippen molar-refractivity contribution in [1.82, 2.24) is 9.97 Å². The molecule has 5 heteroatoms. The van der Waals surface area contributed by atoms with Crippen molar-refractivity contribution < 1.29 is 4.74 Å². The molecule has 2 aliphatic heterocycles. The van der Waals surface area contributed by atoms with Gasteiger partial charge in [-0.1, -0.05) is 6.07 Å². The number of hydrogen-bond donors (Lipinski definition) is 0. The first-order valence-corrected chi connectivity index (χ1v) is 8.38. The van der Waals surface area contributed by atoms with Crippen LogP contribution < -0.4 is 4.90 Å². The number of para-hydroxylation sites is 1. The molecule has 0 N–H and O–H groups in total. The van der Waals surface area contributed by atoms with Crippen molar-refractivity contribution in [1.29, 1.82) is 0 Å². The van der Waals surface area contributed by atoms with Crippen molar-refractivity contribution in [2.45, 2.75) is 25.4 Å². The van der Waals surface area contributed by atoms with E-state index < -0.39 is 0 Å². The van der Waals surface area contributed by atoms with Crippen LogP contribution in [0.5, 0.6) is 0 Å². The Labute approximate surface area is 132 Å². The number of fused-ring (bicyclic) bond motifs is 2. The fraction of sp³-hybridized carbons (Fsp3) is 0.500. The Morgan fingerprint density at radius 2 is 2.24 bits per heavy atom. The topological polar surface area (TPSA) is 38.2 Å². The van der Waals surface area contributed by atoms with E-state index >= 15 is 0 Å². The number of ether oxygens (including phenoxy) is 1. The van der Waals surface area contributed by atoms with Crippen LogP contribution >= 0.6 is 15.9 Å². The maximum absolute atomic E-state index is 5.84. The molecule has 4 rings (SSSR count). The van der Waals surface area contributed by atoms with E-state index in [9.17, 15) is 0 Å². The number of anilines is 1. The largest absolute Gasteiger partial charge is 0.378 e. The van der Waals surface area contributed by atoms with Gasteiger partial charge in [0.1, 0.15) is 11.3 Å². The van der Waals surface area contributed by atoms with Gasteiger partial charge >= 0.3 is 0 Å². The van der Waals surface area contributed by atoms with Gasteiger partial charge in [-0.25, -0.2) is 4.98 Å². The van der Waals surface area contributed by atoms with Gasteiger partial charge in [-0.3, -0.25) is 4.98 Å². The standard InChI is InChI=1S/C16H18BrN3O/c17-12-3-1-4-13-16(12)19-15(9-18-13)20-7-2-5-14-11(10-20)6-8-21-14/h1,3-4,9,11,14H,2,5-8,10H2/t11-,14+/m1/s1. The number of halogens is 1. The first-order chi connectivity index (χ1) is 10.3. The van der Waals surface area contributed by atoms with Gasteiger partial charge in [0.25, 0.3) is 0 Å². The van der Waals surface area contributed by atoms with Crippen LogP contribution in [0.2, 0.25) is 0 Å². The molecule has 4 nitrogen and oxygen atoms in total. The zero-order valence-corrected chi connectivity index (χ0v) is 13.4. The molecule has 1 aromatic carbocycles. The Balaban J connectivity index is 1.67. The van der Waals surface area contributed by atoms with Crippen LogP contribution in [-0.4, -0.2) is 35.8 Å². The molecule has 21 heavy (non-hydrogen) atoms. The Hall–Kier alpha value is -1.20. The van der Waals surface area contributed by atoms with Crippen molar-refractivity contribution in [3.8, 4) is 0 Å². The Morgan fingerprint density at radius 3 is 3.19 bits per heavy atom. The van der Waals surface area contributed by atoms with Crippen LogP contribution in [0.15, 0.2) is 28.9 Å². The van der Waals surface area contributed by atoms with E-state index in [4.69, 9.17) is 9.72 Å². The average Bonchev–Trinajstić information content (AvgIpc) is 2.84. The van der Waals surface area contributed by atoms with E-state index in [1.54, 1.807) is 0 Å². The summed E-state index contributed by atoms with van der Waals surface area (Å²) in [5, 5.41) is 0. The van der Waals surface area contributed by atoms with Gasteiger partial charge in [-0.05, 0) is 47.3 Å². The average molecular weight is 348 g/mol. The molecule has 1 aromatic heterocycles. The van der Waals surface area contributed by atoms with Crippen molar-refractivity contribution in [2.24, 2.45) is 5.92 Å². The minimum Gasteiger partial charge on any atom is -0.378 e. The summed E-state index contributed by atoms with van der Waals surface area (Å²) in [5.41, 5.74) is 1.88. The molecule has 0 unspecified atom stereocenters. The van der Waals surface area contributed by atoms with Gasteiger partial charge in [-0.15, -0.1) is 0 Å². The van der Waals surface area contributed by atoms with Crippen molar-refractivity contribution in [3.63, 3.8) is 0 Å². The van der Waals surface area contributed by atoms with E-state index in [1.807, 2.05) is 24.4 Å². The van der Waals surface area contributed by atoms with Crippen LogP contribution in [0.25, 0.3) is 11.0 Å². The summed E-state index contributed by atoms with van der Waals surface area (Å²) in [4.78, 5) is 11.8. The minimum atomic E-state index is 0.454. The van der Waals surface area contributed by atoms with Gasteiger partial charge in [0.2, 0.25) is 0 Å². The first kappa shape index (κ1) is 13.5. The zero-order chi connectivity index (χ0) is 14.2. The molecule has 0 bridgehead atoms. The summed E-state index contributed by atoms with van der Waals surface area (Å²) in [6, 6.07) is 6.01. The highest BCUT2D eigenvalue weighted by molar-refractivity contribution is 9.10. The highest BCUT2D eigenvalue weighted by Gasteiger charge is 2.32. The maximum Gasteiger partial charge on any atom is 0.147 e. The van der Waals surface area contributed by atoms with E-state index in [2.05, 4.69) is 25.8 Å². The number of rotatable bonds is 1. The van der Waals surface area contributed by atoms with Crippen LogP contribution in [0.3, 0.4) is 0 Å². The summed E-state index contributed by atoms with van der Waals surface area (Å²) in [6.45, 7) is 2.99. The molecule has 2 atom stereocenters. The third-order valence-electron chi connectivity index (χ3n) is 4.55. The van der Waals surface area contributed by atoms with Gasteiger partial charge in [0.05, 0.1) is 17.8 Å². The number of hydrogen-bond acceptors (Lipinski definition) is 4. The zero-order valence-electron chi connectivity index (χ0n) is 11.8. The van der Waals surface area contributed by atoms with E-state index in [0.29, 0.717) is 12.0 Å². The first-order valence-electron chi connectivity index (χ1n) is 7.59. The van der Waals surface area contributed by atoms with Crippen LogP contribution in [0, 0.1) is 5.92 Å². The molecule has 0 radical (unpaired) electrons. The highest BCUT2D eigenvalue weighted by Crippen LogP contribution is 2.31. The fourth-order valence-corrected chi connectivity index (χ4v) is 3.87. The number of nitrogens with zero attached hydrogens (tertiary/aromatic N) is 3. The van der Waals surface area contributed by atoms with E-state index in [0.717, 1.165) is 47.4 Å². The molecule has 3 heterocycles. The lowest BCUT2D eigenvalue weighted by atomic mass is 9.99. The smallest absolute Gasteiger partial charge is 0.147 e. The maximum atomic E-state index is 5.84. The third-order valence-corrected chi connectivity index (χ3v) is 5.19. The molecule has 2 aromatic rings. The second-order valence-electron chi connectivity index (χ2n) is 5.88. The minimum absolute atomic E-state index is 0.454. The molecule has 2 aliphatic rings. The Morgan fingerprint density at radius 1 is 1.29 bits per heavy atom. The molecule has 110 valence electrons. The normalized spacial score (nSPS) is 25.9. The lowest BCUT2D eigenvalue weighted by Crippen LogP contribution is -2.30. The summed E-state index contributed by atoms with van der Waals surface area (Å²) < 4.78 is 6.85. The van der Waals surface area contributed by atoms with Crippen LogP contribution in [0.4, 0.5) is 5.82 Å². The van der Waals surface area contributed by atoms with Gasteiger partial charge in [0, 0.05) is 30.1 Å². The molecule has 0 amide bonds. The van der Waals surface area contributed by atoms with E-state index in [1.165, 1.54) is 12.8 Å². The summed E-state index contributed by atoms with van der Waals surface area (Å²) in [7, 11) is 0. The predicted octanol–water partition coefficient (Wildman–Crippen LogP) is 3.40. The molecular weight excluding hydrogens is 330 g/mol. The quantitative estimate of drug-likeness (QED) is 0.792. The molecule has 0 saturated carbocycles. The molecule has 0 aliphatic carbocycles. The van der Waals surface area contributed by atoms with Gasteiger partial charge in [0.15, 0.2) is 0 Å². The highest BCUT2D eigenvalue weighted by atomic mass is 79.9. The second kappa shape index (κ2) is 5.54. The second-order valence-corrected chi connectivity index (χ2v) is 6.74. The summed E-state index contributed by atoms with van der Waals surface area (Å²) in [6.07, 6.45) is 5.87. The monoisotopic (exact) mass is 347 g/mol. The van der Waals surface area contributed by atoms with Crippen molar-refractivity contribution in [3.05, 3.63) is 28.9 Å². The molecule has 0 spiro atoms. The predicted molar refractivity (Wildman–Crippen MR) is 86.5 cm³/mol. The van der Waals surface area contributed by atoms with Crippen LogP contribution in [0.1, 0.15) is 19.3 Å². The summed E-state index contributed by atoms with van der Waals surface area (Å²) in [5.74, 6) is 1.63. The Kier molecular flexibility index (Phi) is 3.55. The van der Waals surface area contributed by atoms with Crippen molar-refractivity contribution >= 4 is 32.8 Å². The molecular formula is C16H18BrN3O. The summed E-state index contributed by atoms with van der Waals surface area (Å²) >= 11 is 3.57. The SMILES string of the molecule is Brc1cccc2ncc(N3CCC[C@@H]4OCC[C@@H]4C3)nc12. The van der Waals surface area contributed by atoms with E-state index in [-0.39, 0.29) is 0 Å². The van der Waals surface area contributed by atoms with Crippen molar-refractivity contribution in [2.75, 3.05) is 24.6 Å². The number of aromatic nitrogens is 2. The third kappa shape index (κ3) is 2.53. The lowest BCUT2D eigenvalue weighted by molar-refractivity contribution is 0.0880. The number of benzene rings is 1. The Bertz CT molecular complexity index is 663. The lowest BCUT2D eigenvalue weighted by Gasteiger charge is -2.24. The molecule has 2 saturated heterocycles. The fourth-order valence-electron chi connectivity index (χ4n) is 3.43.